The molecule has 5 heteroatoms. The minimum Gasteiger partial charge on any atom is -0.363 e. The van der Waals surface area contributed by atoms with Crippen LogP contribution in [-0.4, -0.2) is 19.3 Å². The molecule has 1 atom stereocenters. The lowest BCUT2D eigenvalue weighted by molar-refractivity contribution is -0.185. The van der Waals surface area contributed by atoms with Crippen LogP contribution in [0.2, 0.25) is 0 Å². The van der Waals surface area contributed by atoms with E-state index in [1.807, 2.05) is 19.1 Å². The predicted molar refractivity (Wildman–Crippen MR) is 55.0 cm³/mol. The van der Waals surface area contributed by atoms with Crippen molar-refractivity contribution in [1.82, 2.24) is 0 Å². The molecule has 0 saturated heterocycles. The van der Waals surface area contributed by atoms with E-state index < -0.39 is 18.9 Å². The zero-order valence-electron chi connectivity index (χ0n) is 8.92. The first-order valence-electron chi connectivity index (χ1n) is 4.87. The Morgan fingerprint density at radius 2 is 1.81 bits per heavy atom. The third kappa shape index (κ3) is 4.20. The molecule has 0 heterocycles. The molecule has 2 N–H and O–H groups in total. The van der Waals surface area contributed by atoms with E-state index in [2.05, 4.69) is 0 Å². The van der Waals surface area contributed by atoms with Gasteiger partial charge >= 0.3 is 6.18 Å². The molecule has 0 aliphatic rings. The van der Waals surface area contributed by atoms with Gasteiger partial charge in [-0.25, -0.2) is 0 Å². The van der Waals surface area contributed by atoms with Gasteiger partial charge in [0.25, 0.3) is 0 Å². The molecule has 1 unspecified atom stereocenters. The number of alkyl halides is 3. The quantitative estimate of drug-likeness (QED) is 0.867. The molecular formula is C11H14F3NO. The molecule has 16 heavy (non-hydrogen) atoms. The number of nitrogens with two attached hydrogens (primary N) is 1. The van der Waals surface area contributed by atoms with Gasteiger partial charge in [-0.05, 0) is 12.5 Å². The standard InChI is InChI=1S/C11H14F3NO/c1-8-2-4-9(5-3-8)10(6-15)16-7-11(12,13)14/h2-5,10H,6-7,15H2,1H3. The number of rotatable bonds is 4. The summed E-state index contributed by atoms with van der Waals surface area (Å²) in [5, 5.41) is 0. The van der Waals surface area contributed by atoms with Crippen LogP contribution in [0.5, 0.6) is 0 Å². The highest BCUT2D eigenvalue weighted by Gasteiger charge is 2.29. The molecule has 1 aromatic rings. The first-order chi connectivity index (χ1) is 7.42. The monoisotopic (exact) mass is 233 g/mol. The van der Waals surface area contributed by atoms with Gasteiger partial charge < -0.3 is 10.5 Å². The summed E-state index contributed by atoms with van der Waals surface area (Å²) in [6, 6.07) is 7.08. The van der Waals surface area contributed by atoms with Crippen LogP contribution < -0.4 is 5.73 Å². The summed E-state index contributed by atoms with van der Waals surface area (Å²) in [7, 11) is 0. The molecule has 0 spiro atoms. The van der Waals surface area contributed by atoms with E-state index in [1.165, 1.54) is 0 Å². The van der Waals surface area contributed by atoms with Crippen molar-refractivity contribution in [2.45, 2.75) is 19.2 Å². The van der Waals surface area contributed by atoms with Gasteiger partial charge in [0.1, 0.15) is 6.61 Å². The zero-order chi connectivity index (χ0) is 12.2. The lowest BCUT2D eigenvalue weighted by Gasteiger charge is -2.17. The van der Waals surface area contributed by atoms with Crippen LogP contribution in [0.3, 0.4) is 0 Å². The highest BCUT2D eigenvalue weighted by molar-refractivity contribution is 5.23. The van der Waals surface area contributed by atoms with Crippen molar-refractivity contribution in [1.29, 1.82) is 0 Å². The Hall–Kier alpha value is -1.07. The van der Waals surface area contributed by atoms with E-state index in [0.29, 0.717) is 5.56 Å². The molecule has 0 aliphatic heterocycles. The highest BCUT2D eigenvalue weighted by atomic mass is 19.4. The van der Waals surface area contributed by atoms with E-state index in [4.69, 9.17) is 10.5 Å². The summed E-state index contributed by atoms with van der Waals surface area (Å²) >= 11 is 0. The fourth-order valence-corrected chi connectivity index (χ4v) is 1.28. The van der Waals surface area contributed by atoms with E-state index in [-0.39, 0.29) is 6.54 Å². The molecule has 1 rings (SSSR count). The molecular weight excluding hydrogens is 219 g/mol. The number of benzene rings is 1. The maximum absolute atomic E-state index is 12.0. The Balaban J connectivity index is 2.64. The Labute approximate surface area is 92.2 Å². The molecule has 0 aliphatic carbocycles. The second-order valence-electron chi connectivity index (χ2n) is 3.56. The molecule has 90 valence electrons. The predicted octanol–water partition coefficient (Wildman–Crippen LogP) is 2.57. The van der Waals surface area contributed by atoms with Crippen LogP contribution in [0.1, 0.15) is 17.2 Å². The first-order valence-corrected chi connectivity index (χ1v) is 4.87. The van der Waals surface area contributed by atoms with E-state index >= 15 is 0 Å². The van der Waals surface area contributed by atoms with Crippen LogP contribution in [0, 0.1) is 6.92 Å². The van der Waals surface area contributed by atoms with Crippen molar-refractivity contribution in [3.63, 3.8) is 0 Å². The SMILES string of the molecule is Cc1ccc(C(CN)OCC(F)(F)F)cc1. The summed E-state index contributed by atoms with van der Waals surface area (Å²) in [4.78, 5) is 0. The Kier molecular flexibility index (Phi) is 4.32. The zero-order valence-corrected chi connectivity index (χ0v) is 8.92. The summed E-state index contributed by atoms with van der Waals surface area (Å²) in [6.07, 6.45) is -5.03. The number of halogens is 3. The average Bonchev–Trinajstić information content (AvgIpc) is 2.20. The van der Waals surface area contributed by atoms with E-state index in [9.17, 15) is 13.2 Å². The van der Waals surface area contributed by atoms with Gasteiger partial charge in [0, 0.05) is 6.54 Å². The van der Waals surface area contributed by atoms with Crippen molar-refractivity contribution >= 4 is 0 Å². The molecule has 1 aromatic carbocycles. The summed E-state index contributed by atoms with van der Waals surface area (Å²) in [6.45, 7) is 0.652. The molecule has 0 bridgehead atoms. The number of hydrogen-bond acceptors (Lipinski definition) is 2. The second-order valence-corrected chi connectivity index (χ2v) is 3.56. The van der Waals surface area contributed by atoms with Crippen molar-refractivity contribution in [2.75, 3.05) is 13.2 Å². The highest BCUT2D eigenvalue weighted by Crippen LogP contribution is 2.22. The minimum atomic E-state index is -4.32. The van der Waals surface area contributed by atoms with Gasteiger partial charge in [0.05, 0.1) is 6.10 Å². The number of aryl methyl sites for hydroxylation is 1. The minimum absolute atomic E-state index is 0.0269. The summed E-state index contributed by atoms with van der Waals surface area (Å²) in [5.41, 5.74) is 7.08. The van der Waals surface area contributed by atoms with Crippen LogP contribution in [0.15, 0.2) is 24.3 Å². The topological polar surface area (TPSA) is 35.2 Å². The summed E-state index contributed by atoms with van der Waals surface area (Å²) in [5.74, 6) is 0. The Morgan fingerprint density at radius 3 is 2.25 bits per heavy atom. The first kappa shape index (κ1) is 13.0. The lowest BCUT2D eigenvalue weighted by atomic mass is 10.1. The third-order valence-electron chi connectivity index (χ3n) is 2.11. The van der Waals surface area contributed by atoms with Gasteiger partial charge in [-0.3, -0.25) is 0 Å². The van der Waals surface area contributed by atoms with E-state index in [0.717, 1.165) is 5.56 Å². The summed E-state index contributed by atoms with van der Waals surface area (Å²) < 4.78 is 40.6. The molecule has 0 fully saturated rings. The Bertz CT molecular complexity index is 321. The lowest BCUT2D eigenvalue weighted by Crippen LogP contribution is -2.23. The molecule has 0 saturated carbocycles. The fourth-order valence-electron chi connectivity index (χ4n) is 1.28. The van der Waals surface area contributed by atoms with Gasteiger partial charge in [0.15, 0.2) is 0 Å². The van der Waals surface area contributed by atoms with Crippen molar-refractivity contribution in [2.24, 2.45) is 5.73 Å². The maximum atomic E-state index is 12.0. The molecule has 0 amide bonds. The van der Waals surface area contributed by atoms with Crippen molar-refractivity contribution in [3.8, 4) is 0 Å². The van der Waals surface area contributed by atoms with Gasteiger partial charge in [-0.15, -0.1) is 0 Å². The largest absolute Gasteiger partial charge is 0.411 e. The van der Waals surface area contributed by atoms with Gasteiger partial charge in [-0.2, -0.15) is 13.2 Å². The van der Waals surface area contributed by atoms with Crippen LogP contribution >= 0.6 is 0 Å². The van der Waals surface area contributed by atoms with Crippen LogP contribution in [0.25, 0.3) is 0 Å². The fraction of sp³-hybridized carbons (Fsp3) is 0.455. The molecule has 0 aromatic heterocycles. The normalized spacial score (nSPS) is 13.8. The van der Waals surface area contributed by atoms with Crippen LogP contribution in [-0.2, 0) is 4.74 Å². The molecule has 0 radical (unpaired) electrons. The Morgan fingerprint density at radius 1 is 1.25 bits per heavy atom. The average molecular weight is 233 g/mol. The second kappa shape index (κ2) is 5.32. The number of ether oxygens (including phenoxy) is 1. The van der Waals surface area contributed by atoms with E-state index in [1.54, 1.807) is 12.1 Å². The third-order valence-corrected chi connectivity index (χ3v) is 2.11. The van der Waals surface area contributed by atoms with Gasteiger partial charge in [0.2, 0.25) is 0 Å². The van der Waals surface area contributed by atoms with Crippen molar-refractivity contribution in [3.05, 3.63) is 35.4 Å². The van der Waals surface area contributed by atoms with Crippen molar-refractivity contribution < 1.29 is 17.9 Å². The smallest absolute Gasteiger partial charge is 0.363 e. The maximum Gasteiger partial charge on any atom is 0.411 e. The number of hydrogen-bond donors (Lipinski definition) is 1. The molecule has 2 nitrogen and oxygen atoms in total. The van der Waals surface area contributed by atoms with Crippen LogP contribution in [0.4, 0.5) is 13.2 Å². The van der Waals surface area contributed by atoms with Gasteiger partial charge in [-0.1, -0.05) is 29.8 Å².